The number of rotatable bonds is 2. The van der Waals surface area contributed by atoms with Crippen molar-refractivity contribution in [3.8, 4) is 6.07 Å². The van der Waals surface area contributed by atoms with E-state index in [0.29, 0.717) is 11.3 Å². The number of nitrogens with zero attached hydrogens (tertiary/aromatic N) is 2. The molecule has 0 radical (unpaired) electrons. The fourth-order valence-electron chi connectivity index (χ4n) is 2.18. The normalized spacial score (nSPS) is 10.5. The van der Waals surface area contributed by atoms with Gasteiger partial charge >= 0.3 is 0 Å². The van der Waals surface area contributed by atoms with Crippen LogP contribution in [0.3, 0.4) is 0 Å². The number of benzene rings is 2. The molecule has 0 spiro atoms. The van der Waals surface area contributed by atoms with Crippen LogP contribution >= 0.6 is 11.3 Å². The topological polar surface area (TPSA) is 74.7 Å². The first kappa shape index (κ1) is 13.4. The summed E-state index contributed by atoms with van der Waals surface area (Å²) in [5.74, 6) is 0. The predicted octanol–water partition coefficient (Wildman–Crippen LogP) is 4.11. The Morgan fingerprint density at radius 2 is 2.00 bits per heavy atom. The first-order valence-corrected chi connectivity index (χ1v) is 7.33. The molecule has 0 saturated heterocycles. The zero-order valence-corrected chi connectivity index (χ0v) is 12.6. The molecule has 104 valence electrons. The van der Waals surface area contributed by atoms with Gasteiger partial charge in [-0.15, -0.1) is 11.3 Å². The van der Waals surface area contributed by atoms with E-state index in [1.54, 1.807) is 17.4 Å². The number of thiazole rings is 1. The van der Waals surface area contributed by atoms with Crippen molar-refractivity contribution in [3.63, 3.8) is 0 Å². The SMILES string of the molecule is Cc1nc2cc(Nc3cc(C#N)ccc3C)c(N)cc2s1. The summed E-state index contributed by atoms with van der Waals surface area (Å²) in [6.45, 7) is 3.97. The highest BCUT2D eigenvalue weighted by molar-refractivity contribution is 7.18. The van der Waals surface area contributed by atoms with Crippen LogP contribution in [0.5, 0.6) is 0 Å². The Hall–Kier alpha value is -2.58. The highest BCUT2D eigenvalue weighted by atomic mass is 32.1. The van der Waals surface area contributed by atoms with E-state index in [9.17, 15) is 0 Å². The van der Waals surface area contributed by atoms with Gasteiger partial charge in [-0.3, -0.25) is 0 Å². The second kappa shape index (κ2) is 5.08. The summed E-state index contributed by atoms with van der Waals surface area (Å²) in [5.41, 5.74) is 11.1. The fraction of sp³-hybridized carbons (Fsp3) is 0.125. The van der Waals surface area contributed by atoms with Gasteiger partial charge in [-0.1, -0.05) is 6.07 Å². The minimum Gasteiger partial charge on any atom is -0.397 e. The minimum atomic E-state index is 0.618. The monoisotopic (exact) mass is 294 g/mol. The van der Waals surface area contributed by atoms with Crippen LogP contribution in [0.2, 0.25) is 0 Å². The van der Waals surface area contributed by atoms with Gasteiger partial charge in [-0.25, -0.2) is 4.98 Å². The van der Waals surface area contributed by atoms with Crippen LogP contribution in [0, 0.1) is 25.2 Å². The fourth-order valence-corrected chi connectivity index (χ4v) is 3.04. The quantitative estimate of drug-likeness (QED) is 0.697. The first-order valence-electron chi connectivity index (χ1n) is 6.51. The molecule has 0 amide bonds. The summed E-state index contributed by atoms with van der Waals surface area (Å²) in [5, 5.41) is 13.3. The Bertz CT molecular complexity index is 874. The molecule has 2 aromatic carbocycles. The summed E-state index contributed by atoms with van der Waals surface area (Å²) in [6.07, 6.45) is 0. The third kappa shape index (κ3) is 2.54. The van der Waals surface area contributed by atoms with Crippen molar-refractivity contribution in [2.75, 3.05) is 11.1 Å². The van der Waals surface area contributed by atoms with Crippen molar-refractivity contribution < 1.29 is 0 Å². The number of aryl methyl sites for hydroxylation is 2. The van der Waals surface area contributed by atoms with Crippen molar-refractivity contribution >= 4 is 38.6 Å². The molecular formula is C16H14N4S. The van der Waals surface area contributed by atoms with E-state index in [1.807, 2.05) is 38.1 Å². The first-order chi connectivity index (χ1) is 10.1. The zero-order chi connectivity index (χ0) is 15.0. The average Bonchev–Trinajstić information content (AvgIpc) is 2.80. The van der Waals surface area contributed by atoms with E-state index in [0.717, 1.165) is 32.2 Å². The lowest BCUT2D eigenvalue weighted by molar-refractivity contribution is 1.34. The molecule has 3 aromatic rings. The highest BCUT2D eigenvalue weighted by Crippen LogP contribution is 2.32. The van der Waals surface area contributed by atoms with Crippen LogP contribution in [-0.4, -0.2) is 4.98 Å². The Morgan fingerprint density at radius 1 is 1.19 bits per heavy atom. The number of hydrogen-bond donors (Lipinski definition) is 2. The molecule has 0 bridgehead atoms. The van der Waals surface area contributed by atoms with Gasteiger partial charge in [0.2, 0.25) is 0 Å². The molecule has 3 rings (SSSR count). The van der Waals surface area contributed by atoms with Crippen molar-refractivity contribution in [3.05, 3.63) is 46.5 Å². The number of nitrogens with one attached hydrogen (secondary N) is 1. The minimum absolute atomic E-state index is 0.618. The number of fused-ring (bicyclic) bond motifs is 1. The summed E-state index contributed by atoms with van der Waals surface area (Å²) in [6, 6.07) is 11.6. The van der Waals surface area contributed by atoms with E-state index < -0.39 is 0 Å². The van der Waals surface area contributed by atoms with Crippen LogP contribution in [0.15, 0.2) is 30.3 Å². The smallest absolute Gasteiger partial charge is 0.0992 e. The van der Waals surface area contributed by atoms with E-state index in [2.05, 4.69) is 16.4 Å². The molecule has 0 aliphatic carbocycles. The van der Waals surface area contributed by atoms with Crippen LogP contribution in [-0.2, 0) is 0 Å². The molecule has 4 nitrogen and oxygen atoms in total. The third-order valence-corrected chi connectivity index (χ3v) is 4.24. The van der Waals surface area contributed by atoms with Crippen LogP contribution in [0.4, 0.5) is 17.1 Å². The van der Waals surface area contributed by atoms with Gasteiger partial charge in [0.1, 0.15) is 0 Å². The molecule has 0 unspecified atom stereocenters. The van der Waals surface area contributed by atoms with Crippen molar-refractivity contribution in [2.45, 2.75) is 13.8 Å². The summed E-state index contributed by atoms with van der Waals surface area (Å²) >= 11 is 1.63. The van der Waals surface area contributed by atoms with E-state index >= 15 is 0 Å². The van der Waals surface area contributed by atoms with Gasteiger partial charge in [-0.2, -0.15) is 5.26 Å². The Balaban J connectivity index is 2.05. The second-order valence-electron chi connectivity index (χ2n) is 4.91. The van der Waals surface area contributed by atoms with Gasteiger partial charge in [0, 0.05) is 5.69 Å². The number of aromatic nitrogens is 1. The average molecular weight is 294 g/mol. The molecule has 21 heavy (non-hydrogen) atoms. The van der Waals surface area contributed by atoms with E-state index in [-0.39, 0.29) is 0 Å². The Morgan fingerprint density at radius 3 is 2.76 bits per heavy atom. The molecule has 0 saturated carbocycles. The van der Waals surface area contributed by atoms with Crippen molar-refractivity contribution in [1.82, 2.24) is 4.98 Å². The van der Waals surface area contributed by atoms with Crippen LogP contribution in [0.1, 0.15) is 16.1 Å². The zero-order valence-electron chi connectivity index (χ0n) is 11.8. The Kier molecular flexibility index (Phi) is 3.24. The number of hydrogen-bond acceptors (Lipinski definition) is 5. The molecule has 1 heterocycles. The molecule has 3 N–H and O–H groups in total. The molecule has 1 aromatic heterocycles. The maximum Gasteiger partial charge on any atom is 0.0992 e. The highest BCUT2D eigenvalue weighted by Gasteiger charge is 2.08. The van der Waals surface area contributed by atoms with Gasteiger partial charge in [0.15, 0.2) is 0 Å². The maximum absolute atomic E-state index is 9.01. The van der Waals surface area contributed by atoms with E-state index in [4.69, 9.17) is 11.0 Å². The van der Waals surface area contributed by atoms with Gasteiger partial charge in [0.05, 0.1) is 38.2 Å². The summed E-state index contributed by atoms with van der Waals surface area (Å²) in [4.78, 5) is 4.48. The standard InChI is InChI=1S/C16H14N4S/c1-9-3-4-11(8-17)5-13(9)20-14-7-15-16(6-12(14)18)21-10(2)19-15/h3-7,20H,18H2,1-2H3. The number of nitriles is 1. The van der Waals surface area contributed by atoms with Crippen LogP contribution in [0.25, 0.3) is 10.2 Å². The van der Waals surface area contributed by atoms with E-state index in [1.165, 1.54) is 0 Å². The molecular weight excluding hydrogens is 280 g/mol. The van der Waals surface area contributed by atoms with Crippen LogP contribution < -0.4 is 11.1 Å². The van der Waals surface area contributed by atoms with Gasteiger partial charge in [-0.05, 0) is 43.7 Å². The lowest BCUT2D eigenvalue weighted by Gasteiger charge is -2.12. The summed E-state index contributed by atoms with van der Waals surface area (Å²) in [7, 11) is 0. The lowest BCUT2D eigenvalue weighted by atomic mass is 10.1. The number of nitrogen functional groups attached to an aromatic ring is 1. The molecule has 5 heteroatoms. The molecule has 0 atom stereocenters. The number of anilines is 3. The summed E-state index contributed by atoms with van der Waals surface area (Å²) < 4.78 is 1.08. The second-order valence-corrected chi connectivity index (χ2v) is 6.14. The van der Waals surface area contributed by atoms with Gasteiger partial charge in [0.25, 0.3) is 0 Å². The predicted molar refractivity (Wildman–Crippen MR) is 87.9 cm³/mol. The third-order valence-electron chi connectivity index (χ3n) is 3.30. The molecule has 0 aliphatic rings. The maximum atomic E-state index is 9.01. The lowest BCUT2D eigenvalue weighted by Crippen LogP contribution is -1.98. The van der Waals surface area contributed by atoms with Crippen molar-refractivity contribution in [2.24, 2.45) is 0 Å². The molecule has 0 aliphatic heterocycles. The van der Waals surface area contributed by atoms with Gasteiger partial charge < -0.3 is 11.1 Å². The largest absolute Gasteiger partial charge is 0.397 e. The Labute approximate surface area is 126 Å². The molecule has 0 fully saturated rings. The van der Waals surface area contributed by atoms with Crippen molar-refractivity contribution in [1.29, 1.82) is 5.26 Å². The number of nitrogens with two attached hydrogens (primary N) is 1.